The van der Waals surface area contributed by atoms with Crippen molar-refractivity contribution in [1.82, 2.24) is 24.3 Å². The molecule has 2 unspecified atom stereocenters. The van der Waals surface area contributed by atoms with Crippen molar-refractivity contribution in [2.45, 2.75) is 36.8 Å². The molecule has 9 nitrogen and oxygen atoms in total. The fraction of sp³-hybridized carbons (Fsp3) is 0.609. The number of ether oxygens (including phenoxy) is 1. The molecule has 1 saturated heterocycles. The van der Waals surface area contributed by atoms with Crippen LogP contribution in [-0.2, 0) is 14.8 Å². The van der Waals surface area contributed by atoms with Crippen LogP contribution in [0.3, 0.4) is 0 Å². The summed E-state index contributed by atoms with van der Waals surface area (Å²) >= 11 is 6.62. The summed E-state index contributed by atoms with van der Waals surface area (Å²) in [6.07, 6.45) is 0.925. The number of sulfonamides is 1. The van der Waals surface area contributed by atoms with E-state index in [1.165, 1.54) is 4.31 Å². The molecule has 34 heavy (non-hydrogen) atoms. The first-order valence-electron chi connectivity index (χ1n) is 11.8. The number of amides is 1. The molecule has 0 spiro atoms. The van der Waals surface area contributed by atoms with Crippen molar-refractivity contribution in [3.05, 3.63) is 35.0 Å². The largest absolute Gasteiger partial charge is 0.494 e. The van der Waals surface area contributed by atoms with E-state index in [4.69, 9.17) is 16.3 Å². The van der Waals surface area contributed by atoms with E-state index in [0.29, 0.717) is 56.3 Å². The predicted molar refractivity (Wildman–Crippen MR) is 131 cm³/mol. The van der Waals surface area contributed by atoms with Crippen LogP contribution in [0.25, 0.3) is 0 Å². The third-order valence-electron chi connectivity index (χ3n) is 6.69. The van der Waals surface area contributed by atoms with Crippen LogP contribution in [0, 0.1) is 0 Å². The van der Waals surface area contributed by atoms with E-state index in [-0.39, 0.29) is 10.8 Å². The minimum Gasteiger partial charge on any atom is -0.494 e. The summed E-state index contributed by atoms with van der Waals surface area (Å²) in [5.74, 6) is 0.357. The molecule has 3 heterocycles. The third kappa shape index (κ3) is 4.54. The molecule has 1 aromatic carbocycles. The molecule has 188 valence electrons. The standard InChI is InChI=1S/C23H34ClN5O4S/c1-5-9-28-15-18-20(25-22(30)21(18)27(4)23(28)24)17-14-16(7-8-19(17)33-6-2)34(31,32)29-12-10-26(3)11-13-29/h7-8,14,20,23H,5-6,9-13,15H2,1-4H3,(H,25,30). The van der Waals surface area contributed by atoms with Crippen molar-refractivity contribution in [2.75, 3.05) is 60.0 Å². The van der Waals surface area contributed by atoms with Crippen molar-refractivity contribution >= 4 is 27.5 Å². The molecule has 0 aromatic heterocycles. The Hall–Kier alpha value is -1.85. The minimum atomic E-state index is -3.67. The van der Waals surface area contributed by atoms with Gasteiger partial charge in [0.25, 0.3) is 5.91 Å². The molecular formula is C23H34ClN5O4S. The van der Waals surface area contributed by atoms with E-state index in [1.807, 2.05) is 21.0 Å². The molecule has 1 N–H and O–H groups in total. The Bertz CT molecular complexity index is 1070. The van der Waals surface area contributed by atoms with Crippen LogP contribution >= 0.6 is 11.6 Å². The summed E-state index contributed by atoms with van der Waals surface area (Å²) in [5.41, 5.74) is 1.66. The molecule has 0 saturated carbocycles. The Kier molecular flexibility index (Phi) is 7.44. The maximum atomic E-state index is 13.4. The molecule has 11 heteroatoms. The SMILES string of the molecule is CCCN1CC2=C(C(=O)NC2c2cc(S(=O)(=O)N3CCN(C)CC3)ccc2OCC)N(C)C1Cl. The van der Waals surface area contributed by atoms with Crippen LogP contribution in [0.1, 0.15) is 31.9 Å². The van der Waals surface area contributed by atoms with Crippen molar-refractivity contribution in [3.63, 3.8) is 0 Å². The zero-order chi connectivity index (χ0) is 24.6. The molecule has 0 aliphatic carbocycles. The first-order chi connectivity index (χ1) is 16.2. The summed E-state index contributed by atoms with van der Waals surface area (Å²) in [6, 6.07) is 4.47. The highest BCUT2D eigenvalue weighted by atomic mass is 35.5. The summed E-state index contributed by atoms with van der Waals surface area (Å²) < 4.78 is 34.3. The highest BCUT2D eigenvalue weighted by Crippen LogP contribution is 2.41. The molecule has 1 aromatic rings. The molecule has 0 bridgehead atoms. The second-order valence-electron chi connectivity index (χ2n) is 9.01. The van der Waals surface area contributed by atoms with Gasteiger partial charge in [-0.2, -0.15) is 4.31 Å². The zero-order valence-corrected chi connectivity index (χ0v) is 21.8. The summed E-state index contributed by atoms with van der Waals surface area (Å²) in [7, 11) is 0.131. The maximum Gasteiger partial charge on any atom is 0.268 e. The Balaban J connectivity index is 1.74. The second kappa shape index (κ2) is 10.0. The summed E-state index contributed by atoms with van der Waals surface area (Å²) in [4.78, 5) is 19.2. The van der Waals surface area contributed by atoms with Crippen LogP contribution in [-0.4, -0.2) is 98.9 Å². The van der Waals surface area contributed by atoms with Gasteiger partial charge in [-0.05, 0) is 44.2 Å². The third-order valence-corrected chi connectivity index (χ3v) is 9.16. The van der Waals surface area contributed by atoms with Gasteiger partial charge in [0.05, 0.1) is 17.5 Å². The topological polar surface area (TPSA) is 85.4 Å². The van der Waals surface area contributed by atoms with Crippen molar-refractivity contribution < 1.29 is 17.9 Å². The van der Waals surface area contributed by atoms with Gasteiger partial charge in [-0.15, -0.1) is 0 Å². The monoisotopic (exact) mass is 511 g/mol. The molecule has 2 atom stereocenters. The fourth-order valence-electron chi connectivity index (χ4n) is 4.88. The molecule has 1 amide bonds. The van der Waals surface area contributed by atoms with Crippen molar-refractivity contribution in [1.29, 1.82) is 0 Å². The van der Waals surface area contributed by atoms with Gasteiger partial charge in [0.2, 0.25) is 10.0 Å². The Morgan fingerprint density at radius 3 is 2.50 bits per heavy atom. The lowest BCUT2D eigenvalue weighted by atomic mass is 9.97. The van der Waals surface area contributed by atoms with E-state index in [2.05, 4.69) is 22.0 Å². The van der Waals surface area contributed by atoms with Crippen LogP contribution < -0.4 is 10.1 Å². The fourth-order valence-corrected chi connectivity index (χ4v) is 6.61. The normalized spacial score (nSPS) is 25.0. The Labute approximate surface area is 207 Å². The van der Waals surface area contributed by atoms with Gasteiger partial charge in [0.1, 0.15) is 11.4 Å². The van der Waals surface area contributed by atoms with Gasteiger partial charge in [-0.1, -0.05) is 18.5 Å². The average Bonchev–Trinajstić information content (AvgIpc) is 3.14. The number of nitrogens with one attached hydrogen (secondary N) is 1. The quantitative estimate of drug-likeness (QED) is 0.440. The number of alkyl halides is 1. The van der Waals surface area contributed by atoms with E-state index < -0.39 is 21.7 Å². The van der Waals surface area contributed by atoms with Crippen LogP contribution in [0.5, 0.6) is 5.75 Å². The maximum absolute atomic E-state index is 13.4. The minimum absolute atomic E-state index is 0.209. The highest BCUT2D eigenvalue weighted by Gasteiger charge is 2.43. The van der Waals surface area contributed by atoms with Crippen molar-refractivity contribution in [2.24, 2.45) is 0 Å². The Morgan fingerprint density at radius 2 is 1.85 bits per heavy atom. The van der Waals surface area contributed by atoms with Gasteiger partial charge in [0.15, 0.2) is 5.62 Å². The lowest BCUT2D eigenvalue weighted by Crippen LogP contribution is -2.48. The number of nitrogens with zero attached hydrogens (tertiary/aromatic N) is 4. The molecule has 4 rings (SSSR count). The molecule has 0 radical (unpaired) electrons. The summed E-state index contributed by atoms with van der Waals surface area (Å²) in [6.45, 7) is 7.98. The molecule has 1 fully saturated rings. The number of piperazine rings is 1. The van der Waals surface area contributed by atoms with Gasteiger partial charge >= 0.3 is 0 Å². The van der Waals surface area contributed by atoms with Gasteiger partial charge < -0.3 is 19.9 Å². The number of carbonyl (C=O) groups is 1. The smallest absolute Gasteiger partial charge is 0.268 e. The summed E-state index contributed by atoms with van der Waals surface area (Å²) in [5, 5.41) is 3.05. The second-order valence-corrected chi connectivity index (χ2v) is 11.3. The van der Waals surface area contributed by atoms with Crippen molar-refractivity contribution in [3.8, 4) is 5.75 Å². The molecule has 3 aliphatic rings. The van der Waals surface area contributed by atoms with Crippen LogP contribution in [0.15, 0.2) is 34.4 Å². The van der Waals surface area contributed by atoms with E-state index >= 15 is 0 Å². The lowest BCUT2D eigenvalue weighted by molar-refractivity contribution is -0.118. The number of rotatable bonds is 7. The average molecular weight is 512 g/mol. The lowest BCUT2D eigenvalue weighted by Gasteiger charge is -2.40. The van der Waals surface area contributed by atoms with E-state index in [9.17, 15) is 13.2 Å². The van der Waals surface area contributed by atoms with Gasteiger partial charge in [0, 0.05) is 51.9 Å². The van der Waals surface area contributed by atoms with Gasteiger partial charge in [-0.3, -0.25) is 9.69 Å². The number of likely N-dealkylation sites (N-methyl/N-ethyl adjacent to an activating group) is 2. The number of hydrogen-bond donors (Lipinski definition) is 1. The number of carbonyl (C=O) groups excluding carboxylic acids is 1. The zero-order valence-electron chi connectivity index (χ0n) is 20.3. The van der Waals surface area contributed by atoms with Crippen LogP contribution in [0.2, 0.25) is 0 Å². The van der Waals surface area contributed by atoms with Gasteiger partial charge in [-0.25, -0.2) is 8.42 Å². The predicted octanol–water partition coefficient (Wildman–Crippen LogP) is 1.63. The first-order valence-corrected chi connectivity index (χ1v) is 13.7. The number of halogens is 1. The van der Waals surface area contributed by atoms with E-state index in [0.717, 1.165) is 18.5 Å². The molecular weight excluding hydrogens is 478 g/mol. The highest BCUT2D eigenvalue weighted by molar-refractivity contribution is 7.89. The Morgan fingerprint density at radius 1 is 1.15 bits per heavy atom. The first kappa shape index (κ1) is 25.2. The molecule has 3 aliphatic heterocycles. The number of benzene rings is 1. The van der Waals surface area contributed by atoms with E-state index in [1.54, 1.807) is 23.1 Å². The van der Waals surface area contributed by atoms with Crippen LogP contribution in [0.4, 0.5) is 0 Å². The number of hydrogen-bond acceptors (Lipinski definition) is 7.